The maximum atomic E-state index is 12.2. The fourth-order valence-corrected chi connectivity index (χ4v) is 2.88. The Morgan fingerprint density at radius 2 is 1.78 bits per heavy atom. The summed E-state index contributed by atoms with van der Waals surface area (Å²) in [5.41, 5.74) is 1.73. The van der Waals surface area contributed by atoms with Crippen LogP contribution in [-0.2, 0) is 19.7 Å². The Balaban J connectivity index is 2.47. The van der Waals surface area contributed by atoms with Gasteiger partial charge in [0.15, 0.2) is 0 Å². The molecule has 0 spiro atoms. The maximum Gasteiger partial charge on any atom is 0.328 e. The molecule has 1 atom stereocenters. The molecule has 0 aliphatic heterocycles. The lowest BCUT2D eigenvalue weighted by Gasteiger charge is -2.19. The van der Waals surface area contributed by atoms with Gasteiger partial charge in [0.05, 0.1) is 7.11 Å². The number of rotatable bonds is 9. The van der Waals surface area contributed by atoms with Crippen molar-refractivity contribution in [3.05, 3.63) is 35.4 Å². The SMILES string of the molecule is COC(=O)[C@@H](CCSC)NC(=O)CCNC(=O)c1ccc(C(C)(C)C)cc1. The number of hydrogen-bond donors (Lipinski definition) is 2. The normalized spacial score (nSPS) is 12.2. The molecule has 0 fully saturated rings. The molecule has 7 heteroatoms. The fraction of sp³-hybridized carbons (Fsp3) is 0.550. The van der Waals surface area contributed by atoms with Crippen LogP contribution in [0, 0.1) is 0 Å². The number of amides is 2. The van der Waals surface area contributed by atoms with E-state index in [0.717, 1.165) is 11.3 Å². The van der Waals surface area contributed by atoms with Gasteiger partial charge in [-0.05, 0) is 41.5 Å². The third kappa shape index (κ3) is 8.03. The van der Waals surface area contributed by atoms with Gasteiger partial charge in [0, 0.05) is 18.5 Å². The Bertz CT molecular complexity index is 638. The number of benzene rings is 1. The Hall–Kier alpha value is -2.02. The van der Waals surface area contributed by atoms with Crippen molar-refractivity contribution in [3.8, 4) is 0 Å². The molecule has 0 saturated carbocycles. The van der Waals surface area contributed by atoms with Crippen molar-refractivity contribution in [1.82, 2.24) is 10.6 Å². The zero-order valence-electron chi connectivity index (χ0n) is 16.8. The Labute approximate surface area is 165 Å². The summed E-state index contributed by atoms with van der Waals surface area (Å²) in [5, 5.41) is 5.39. The molecular formula is C20H30N2O4S. The number of methoxy groups -OCH3 is 1. The summed E-state index contributed by atoms with van der Waals surface area (Å²) in [6.45, 7) is 6.53. The van der Waals surface area contributed by atoms with Gasteiger partial charge in [-0.25, -0.2) is 4.79 Å². The first-order valence-electron chi connectivity index (χ1n) is 8.94. The minimum Gasteiger partial charge on any atom is -0.467 e. The van der Waals surface area contributed by atoms with Crippen molar-refractivity contribution in [1.29, 1.82) is 0 Å². The standard InChI is InChI=1S/C20H30N2O4S/c1-20(2,3)15-8-6-14(7-9-15)18(24)21-12-10-17(23)22-16(11-13-27-5)19(25)26-4/h6-9,16H,10-13H2,1-5H3,(H,21,24)(H,22,23)/t16-/m1/s1. The zero-order valence-corrected chi connectivity index (χ0v) is 17.6. The number of hydrogen-bond acceptors (Lipinski definition) is 5. The summed E-state index contributed by atoms with van der Waals surface area (Å²) in [5.74, 6) is -0.244. The van der Waals surface area contributed by atoms with E-state index in [9.17, 15) is 14.4 Å². The van der Waals surface area contributed by atoms with Crippen LogP contribution >= 0.6 is 11.8 Å². The van der Waals surface area contributed by atoms with Crippen molar-refractivity contribution >= 4 is 29.5 Å². The van der Waals surface area contributed by atoms with Crippen LogP contribution in [0.3, 0.4) is 0 Å². The highest BCUT2D eigenvalue weighted by Crippen LogP contribution is 2.22. The monoisotopic (exact) mass is 394 g/mol. The molecule has 6 nitrogen and oxygen atoms in total. The van der Waals surface area contributed by atoms with E-state index in [-0.39, 0.29) is 30.2 Å². The average molecular weight is 395 g/mol. The molecule has 27 heavy (non-hydrogen) atoms. The van der Waals surface area contributed by atoms with Gasteiger partial charge in [0.25, 0.3) is 5.91 Å². The Morgan fingerprint density at radius 3 is 2.30 bits per heavy atom. The molecule has 150 valence electrons. The van der Waals surface area contributed by atoms with E-state index in [1.807, 2.05) is 18.4 Å². The highest BCUT2D eigenvalue weighted by molar-refractivity contribution is 7.98. The smallest absolute Gasteiger partial charge is 0.328 e. The highest BCUT2D eigenvalue weighted by atomic mass is 32.2. The Morgan fingerprint density at radius 1 is 1.15 bits per heavy atom. The first-order valence-corrected chi connectivity index (χ1v) is 10.3. The third-order valence-electron chi connectivity index (χ3n) is 4.08. The summed E-state index contributed by atoms with van der Waals surface area (Å²) < 4.78 is 4.71. The number of carbonyl (C=O) groups excluding carboxylic acids is 3. The van der Waals surface area contributed by atoms with E-state index in [0.29, 0.717) is 12.0 Å². The summed E-state index contributed by atoms with van der Waals surface area (Å²) in [7, 11) is 1.30. The molecule has 0 saturated heterocycles. The molecule has 2 amide bonds. The van der Waals surface area contributed by atoms with E-state index >= 15 is 0 Å². The molecule has 1 rings (SSSR count). The number of nitrogens with one attached hydrogen (secondary N) is 2. The van der Waals surface area contributed by atoms with E-state index in [1.165, 1.54) is 7.11 Å². The molecule has 1 aromatic rings. The van der Waals surface area contributed by atoms with Crippen LogP contribution in [0.15, 0.2) is 24.3 Å². The predicted molar refractivity (Wildman–Crippen MR) is 109 cm³/mol. The maximum absolute atomic E-state index is 12.2. The summed E-state index contributed by atoms with van der Waals surface area (Å²) in [4.78, 5) is 35.9. The summed E-state index contributed by atoms with van der Waals surface area (Å²) >= 11 is 1.59. The summed E-state index contributed by atoms with van der Waals surface area (Å²) in [6, 6.07) is 6.79. The van der Waals surface area contributed by atoms with Crippen LogP contribution in [0.25, 0.3) is 0 Å². The Kier molecular flexibility index (Phi) is 9.35. The first kappa shape index (κ1) is 23.0. The predicted octanol–water partition coefficient (Wildman–Crippen LogP) is 2.51. The minimum absolute atomic E-state index is 0.0273. The molecule has 0 aliphatic rings. The van der Waals surface area contributed by atoms with Crippen molar-refractivity contribution in [2.45, 2.75) is 45.1 Å². The van der Waals surface area contributed by atoms with E-state index in [1.54, 1.807) is 23.9 Å². The lowest BCUT2D eigenvalue weighted by Crippen LogP contribution is -2.43. The van der Waals surface area contributed by atoms with Crippen molar-refractivity contribution in [2.24, 2.45) is 0 Å². The average Bonchev–Trinajstić information content (AvgIpc) is 2.63. The van der Waals surface area contributed by atoms with Gasteiger partial charge in [-0.15, -0.1) is 0 Å². The van der Waals surface area contributed by atoms with Crippen LogP contribution in [0.4, 0.5) is 0 Å². The van der Waals surface area contributed by atoms with Crippen LogP contribution in [0.2, 0.25) is 0 Å². The zero-order chi connectivity index (χ0) is 20.4. The van der Waals surface area contributed by atoms with Gasteiger partial charge in [0.2, 0.25) is 5.91 Å². The number of carbonyl (C=O) groups is 3. The van der Waals surface area contributed by atoms with E-state index in [4.69, 9.17) is 4.74 Å². The third-order valence-corrected chi connectivity index (χ3v) is 4.73. The van der Waals surface area contributed by atoms with Crippen molar-refractivity contribution in [2.75, 3.05) is 25.7 Å². The second kappa shape index (κ2) is 11.0. The largest absolute Gasteiger partial charge is 0.467 e. The second-order valence-electron chi connectivity index (χ2n) is 7.26. The van der Waals surface area contributed by atoms with Gasteiger partial charge in [-0.1, -0.05) is 32.9 Å². The topological polar surface area (TPSA) is 84.5 Å². The highest BCUT2D eigenvalue weighted by Gasteiger charge is 2.21. The fourth-order valence-electron chi connectivity index (χ4n) is 2.41. The van der Waals surface area contributed by atoms with Crippen molar-refractivity contribution < 1.29 is 19.1 Å². The quantitative estimate of drug-likeness (QED) is 0.629. The molecule has 0 heterocycles. The van der Waals surface area contributed by atoms with Gasteiger partial charge < -0.3 is 15.4 Å². The molecule has 2 N–H and O–H groups in total. The minimum atomic E-state index is -0.657. The molecule has 1 aromatic carbocycles. The number of thioether (sulfide) groups is 1. The first-order chi connectivity index (χ1) is 12.7. The molecular weight excluding hydrogens is 364 g/mol. The molecule has 0 bridgehead atoms. The van der Waals surface area contributed by atoms with Crippen molar-refractivity contribution in [3.63, 3.8) is 0 Å². The van der Waals surface area contributed by atoms with E-state index < -0.39 is 12.0 Å². The molecule has 0 unspecified atom stereocenters. The lowest BCUT2D eigenvalue weighted by atomic mass is 9.87. The van der Waals surface area contributed by atoms with Crippen LogP contribution in [-0.4, -0.2) is 49.5 Å². The lowest BCUT2D eigenvalue weighted by molar-refractivity contribution is -0.145. The van der Waals surface area contributed by atoms with Gasteiger partial charge in [0.1, 0.15) is 6.04 Å². The molecule has 0 aliphatic carbocycles. The summed E-state index contributed by atoms with van der Waals surface area (Å²) in [6.07, 6.45) is 2.53. The van der Waals surface area contributed by atoms with Crippen LogP contribution in [0.5, 0.6) is 0 Å². The van der Waals surface area contributed by atoms with Gasteiger partial charge in [-0.3, -0.25) is 9.59 Å². The molecule has 0 radical (unpaired) electrons. The van der Waals surface area contributed by atoms with Crippen LogP contribution < -0.4 is 10.6 Å². The van der Waals surface area contributed by atoms with E-state index in [2.05, 4.69) is 31.4 Å². The van der Waals surface area contributed by atoms with Gasteiger partial charge in [-0.2, -0.15) is 11.8 Å². The van der Waals surface area contributed by atoms with Crippen LogP contribution in [0.1, 0.15) is 49.5 Å². The van der Waals surface area contributed by atoms with Gasteiger partial charge >= 0.3 is 5.97 Å². The number of esters is 1. The number of ether oxygens (including phenoxy) is 1. The molecule has 0 aromatic heterocycles. The second-order valence-corrected chi connectivity index (χ2v) is 8.24.